The highest BCUT2D eigenvalue weighted by Gasteiger charge is 2.46. The zero-order valence-corrected chi connectivity index (χ0v) is 16.7. The lowest BCUT2D eigenvalue weighted by molar-refractivity contribution is -0.109. The number of nitrogens with one attached hydrogen (secondary N) is 2. The van der Waals surface area contributed by atoms with Gasteiger partial charge in [-0.25, -0.2) is 0 Å². The third kappa shape index (κ3) is 3.21. The molecule has 29 heavy (non-hydrogen) atoms. The summed E-state index contributed by atoms with van der Waals surface area (Å²) in [5, 5.41) is 12.1. The highest BCUT2D eigenvalue weighted by atomic mass is 16.1. The molecule has 2 aliphatic carbocycles. The molecule has 2 aliphatic rings. The van der Waals surface area contributed by atoms with E-state index in [1.807, 2.05) is 19.3 Å². The van der Waals surface area contributed by atoms with Crippen LogP contribution in [-0.2, 0) is 10.2 Å². The Labute approximate surface area is 170 Å². The molecule has 6 heteroatoms. The number of pyridine rings is 1. The number of nitrogens with two attached hydrogens (primary N) is 1. The molecule has 0 aliphatic heterocycles. The summed E-state index contributed by atoms with van der Waals surface area (Å²) in [7, 11) is 0. The van der Waals surface area contributed by atoms with Crippen molar-refractivity contribution in [2.24, 2.45) is 5.73 Å². The third-order valence-electron chi connectivity index (χ3n) is 6.68. The molecule has 0 amide bonds. The number of H-pyrrole nitrogens is 1. The first kappa shape index (κ1) is 18.3. The molecule has 0 atom stereocenters. The van der Waals surface area contributed by atoms with Crippen molar-refractivity contribution >= 4 is 22.9 Å². The van der Waals surface area contributed by atoms with E-state index in [2.05, 4.69) is 33.7 Å². The molecule has 0 radical (unpaired) electrons. The minimum absolute atomic E-state index is 0.308. The van der Waals surface area contributed by atoms with Crippen molar-refractivity contribution in [1.82, 2.24) is 15.2 Å². The topological polar surface area (TPSA) is 96.7 Å². The number of aldehydes is 1. The van der Waals surface area contributed by atoms with Crippen molar-refractivity contribution in [1.29, 1.82) is 0 Å². The highest BCUT2D eigenvalue weighted by molar-refractivity contribution is 5.98. The van der Waals surface area contributed by atoms with Crippen molar-refractivity contribution in [3.63, 3.8) is 0 Å². The zero-order valence-electron chi connectivity index (χ0n) is 16.7. The van der Waals surface area contributed by atoms with E-state index < -0.39 is 0 Å². The average molecular weight is 390 g/mol. The van der Waals surface area contributed by atoms with Gasteiger partial charge in [0.25, 0.3) is 0 Å². The van der Waals surface area contributed by atoms with Gasteiger partial charge in [0.2, 0.25) is 0 Å². The van der Waals surface area contributed by atoms with Gasteiger partial charge in [-0.15, -0.1) is 0 Å². The molecule has 4 N–H and O–H groups in total. The van der Waals surface area contributed by atoms with Gasteiger partial charge in [0, 0.05) is 46.7 Å². The smallest absolute Gasteiger partial charge is 0.130 e. The Morgan fingerprint density at radius 3 is 2.69 bits per heavy atom. The normalized spacial score (nSPS) is 23.1. The van der Waals surface area contributed by atoms with Gasteiger partial charge in [-0.1, -0.05) is 6.07 Å². The van der Waals surface area contributed by atoms with Crippen LogP contribution in [0.25, 0.3) is 22.0 Å². The van der Waals surface area contributed by atoms with Gasteiger partial charge in [-0.3, -0.25) is 10.1 Å². The number of carbonyl (C=O) groups excluding carboxylic acids is 1. The molecule has 0 unspecified atom stereocenters. The number of aryl methyl sites for hydroxylation is 1. The monoisotopic (exact) mass is 389 g/mol. The largest absolute Gasteiger partial charge is 0.381 e. The average Bonchev–Trinajstić information content (AvgIpc) is 3.42. The number of hydrogen-bond donors (Lipinski definition) is 3. The van der Waals surface area contributed by atoms with Crippen LogP contribution >= 0.6 is 0 Å². The van der Waals surface area contributed by atoms with Crippen LogP contribution in [0, 0.1) is 6.92 Å². The van der Waals surface area contributed by atoms with Crippen LogP contribution in [0.4, 0.5) is 5.69 Å². The quantitative estimate of drug-likeness (QED) is 0.576. The van der Waals surface area contributed by atoms with E-state index in [0.717, 1.165) is 83.8 Å². The fraction of sp³-hybridized carbons (Fsp3) is 0.435. The van der Waals surface area contributed by atoms with Crippen molar-refractivity contribution in [3.05, 3.63) is 41.9 Å². The lowest BCUT2D eigenvalue weighted by atomic mass is 9.89. The van der Waals surface area contributed by atoms with E-state index >= 15 is 0 Å². The molecule has 0 saturated heterocycles. The van der Waals surface area contributed by atoms with E-state index in [4.69, 9.17) is 10.7 Å². The number of fused-ring (bicyclic) bond motifs is 1. The first-order valence-electron chi connectivity index (χ1n) is 10.5. The second-order valence-electron chi connectivity index (χ2n) is 8.69. The fourth-order valence-corrected chi connectivity index (χ4v) is 4.60. The van der Waals surface area contributed by atoms with Crippen LogP contribution in [0.1, 0.15) is 49.8 Å². The van der Waals surface area contributed by atoms with Gasteiger partial charge < -0.3 is 15.8 Å². The molecule has 0 bridgehead atoms. The number of nitrogens with zero attached hydrogens (tertiary/aromatic N) is 2. The molecule has 5 rings (SSSR count). The molecule has 0 spiro atoms. The summed E-state index contributed by atoms with van der Waals surface area (Å²) in [6.45, 7) is 2.00. The lowest BCUT2D eigenvalue weighted by Crippen LogP contribution is -2.33. The summed E-state index contributed by atoms with van der Waals surface area (Å²) in [4.78, 5) is 16.6. The summed E-state index contributed by atoms with van der Waals surface area (Å²) in [6.07, 6.45) is 10.9. The summed E-state index contributed by atoms with van der Waals surface area (Å²) in [6, 6.07) is 7.01. The first-order valence-corrected chi connectivity index (χ1v) is 10.5. The van der Waals surface area contributed by atoms with E-state index in [0.29, 0.717) is 12.1 Å². The number of anilines is 1. The molecule has 2 aromatic heterocycles. The maximum Gasteiger partial charge on any atom is 0.130 e. The molecule has 2 fully saturated rings. The van der Waals surface area contributed by atoms with E-state index in [1.165, 1.54) is 0 Å². The number of aromatic amines is 1. The summed E-state index contributed by atoms with van der Waals surface area (Å²) in [5.74, 6) is 0. The molecule has 150 valence electrons. The second-order valence-corrected chi connectivity index (χ2v) is 8.69. The molecule has 2 heterocycles. The van der Waals surface area contributed by atoms with Gasteiger partial charge in [0.05, 0.1) is 16.6 Å². The number of carbonyl (C=O) groups is 1. The molecule has 6 nitrogen and oxygen atoms in total. The van der Waals surface area contributed by atoms with Gasteiger partial charge in [-0.2, -0.15) is 5.10 Å². The maximum absolute atomic E-state index is 11.9. The number of hydrogen-bond acceptors (Lipinski definition) is 5. The molecular weight excluding hydrogens is 362 g/mol. The Hall–Kier alpha value is -2.73. The number of benzene rings is 1. The molecular formula is C23H27N5O. The highest BCUT2D eigenvalue weighted by Crippen LogP contribution is 2.50. The van der Waals surface area contributed by atoms with Crippen LogP contribution in [0.5, 0.6) is 0 Å². The Morgan fingerprint density at radius 2 is 2.03 bits per heavy atom. The first-order chi connectivity index (χ1) is 14.1. The number of rotatable bonds is 5. The van der Waals surface area contributed by atoms with Crippen LogP contribution in [0.2, 0.25) is 0 Å². The SMILES string of the molecule is Cc1n[nH]cc1-c1ccc2ncc(C3(C=O)CC3)c(N[C@H]3CC[C@H](N)CC3)c2c1. The minimum atomic E-state index is -0.379. The maximum atomic E-state index is 11.9. The van der Waals surface area contributed by atoms with Crippen molar-refractivity contribution in [2.75, 3.05) is 5.32 Å². The second kappa shape index (κ2) is 6.95. The molecule has 1 aromatic carbocycles. The number of aromatic nitrogens is 3. The Bertz CT molecular complexity index is 1060. The zero-order chi connectivity index (χ0) is 20.0. The standard InChI is InChI=1S/C23H27N5O/c1-14-19(11-26-28-14)15-2-7-21-18(10-15)22(27-17-5-3-16(24)4-6-17)20(12-25-21)23(13-29)8-9-23/h2,7,10-13,16-17H,3-6,8-9,24H2,1H3,(H,25,27)(H,26,28)/t16-,17-. The van der Waals surface area contributed by atoms with Gasteiger partial charge >= 0.3 is 0 Å². The molecule has 2 saturated carbocycles. The van der Waals surface area contributed by atoms with Gasteiger partial charge in [-0.05, 0) is 63.1 Å². The van der Waals surface area contributed by atoms with Crippen LogP contribution < -0.4 is 11.1 Å². The predicted molar refractivity (Wildman–Crippen MR) is 115 cm³/mol. The van der Waals surface area contributed by atoms with Crippen molar-refractivity contribution in [2.45, 2.75) is 62.9 Å². The summed E-state index contributed by atoms with van der Waals surface area (Å²) in [5.41, 5.74) is 11.9. The lowest BCUT2D eigenvalue weighted by Gasteiger charge is -2.29. The summed E-state index contributed by atoms with van der Waals surface area (Å²) < 4.78 is 0. The summed E-state index contributed by atoms with van der Waals surface area (Å²) >= 11 is 0. The third-order valence-corrected chi connectivity index (χ3v) is 6.68. The fourth-order valence-electron chi connectivity index (χ4n) is 4.60. The predicted octanol–water partition coefficient (Wildman–Crippen LogP) is 3.85. The Kier molecular flexibility index (Phi) is 4.39. The Morgan fingerprint density at radius 1 is 1.24 bits per heavy atom. The Balaban J connectivity index is 1.64. The van der Waals surface area contributed by atoms with Crippen LogP contribution in [0.3, 0.4) is 0 Å². The minimum Gasteiger partial charge on any atom is -0.381 e. The van der Waals surface area contributed by atoms with E-state index in [1.54, 1.807) is 0 Å². The van der Waals surface area contributed by atoms with Crippen molar-refractivity contribution < 1.29 is 4.79 Å². The van der Waals surface area contributed by atoms with Crippen LogP contribution in [-0.4, -0.2) is 33.6 Å². The van der Waals surface area contributed by atoms with E-state index in [9.17, 15) is 4.79 Å². The van der Waals surface area contributed by atoms with Crippen molar-refractivity contribution in [3.8, 4) is 11.1 Å². The van der Waals surface area contributed by atoms with Gasteiger partial charge in [0.15, 0.2) is 0 Å². The van der Waals surface area contributed by atoms with E-state index in [-0.39, 0.29) is 5.41 Å². The van der Waals surface area contributed by atoms with Gasteiger partial charge in [0.1, 0.15) is 6.29 Å². The van der Waals surface area contributed by atoms with Crippen LogP contribution in [0.15, 0.2) is 30.6 Å². The molecule has 3 aromatic rings.